The number of aromatic nitrogens is 1. The van der Waals surface area contributed by atoms with Crippen LogP contribution in [0.15, 0.2) is 17.5 Å². The third kappa shape index (κ3) is 2.29. The summed E-state index contributed by atoms with van der Waals surface area (Å²) in [7, 11) is 2.13. The average molecular weight is 343 g/mol. The normalized spacial score (nSPS) is 15.0. The van der Waals surface area contributed by atoms with Crippen molar-refractivity contribution in [3.05, 3.63) is 33.6 Å². The summed E-state index contributed by atoms with van der Waals surface area (Å²) >= 11 is 3.13. The van der Waals surface area contributed by atoms with Gasteiger partial charge in [0, 0.05) is 48.0 Å². The summed E-state index contributed by atoms with van der Waals surface area (Å²) in [5, 5.41) is 3.03. The number of rotatable bonds is 2. The van der Waals surface area contributed by atoms with Crippen molar-refractivity contribution in [3.8, 4) is 10.4 Å². The van der Waals surface area contributed by atoms with Gasteiger partial charge in [-0.2, -0.15) is 0 Å². The molecular weight excluding hydrogens is 326 g/mol. The SMILES string of the molecule is CC(=O)c1sc2nc3c(c(-c4cccs4)c2c1N)CN(C)CC3. The van der Waals surface area contributed by atoms with Crippen LogP contribution >= 0.6 is 22.7 Å². The van der Waals surface area contributed by atoms with Gasteiger partial charge in [0.25, 0.3) is 0 Å². The van der Waals surface area contributed by atoms with Crippen molar-refractivity contribution >= 4 is 44.4 Å². The van der Waals surface area contributed by atoms with E-state index >= 15 is 0 Å². The highest BCUT2D eigenvalue weighted by atomic mass is 32.1. The Hall–Kier alpha value is -1.76. The second kappa shape index (κ2) is 5.40. The number of carbonyl (C=O) groups excluding carboxylic acids is 1. The lowest BCUT2D eigenvalue weighted by Gasteiger charge is -2.26. The van der Waals surface area contributed by atoms with Gasteiger partial charge >= 0.3 is 0 Å². The number of thiophene rings is 2. The first-order valence-corrected chi connectivity index (χ1v) is 9.23. The van der Waals surface area contributed by atoms with E-state index in [-0.39, 0.29) is 5.78 Å². The van der Waals surface area contributed by atoms with E-state index in [0.717, 1.165) is 35.4 Å². The number of Topliss-reactive ketones (excluding diaryl/α,β-unsaturated/α-hetero) is 1. The van der Waals surface area contributed by atoms with Crippen LogP contribution in [0, 0.1) is 0 Å². The summed E-state index contributed by atoms with van der Waals surface area (Å²) in [5.74, 6) is 0.0118. The number of likely N-dealkylation sites (N-methyl/N-ethyl adjacent to an activating group) is 1. The largest absolute Gasteiger partial charge is 0.397 e. The Kier molecular flexibility index (Phi) is 3.48. The van der Waals surface area contributed by atoms with Crippen LogP contribution < -0.4 is 5.73 Å². The summed E-state index contributed by atoms with van der Waals surface area (Å²) in [4.78, 5) is 21.8. The number of anilines is 1. The van der Waals surface area contributed by atoms with Crippen molar-refractivity contribution in [1.29, 1.82) is 0 Å². The lowest BCUT2D eigenvalue weighted by Crippen LogP contribution is -2.27. The molecule has 23 heavy (non-hydrogen) atoms. The van der Waals surface area contributed by atoms with Gasteiger partial charge in [0.05, 0.1) is 10.6 Å². The molecular formula is C17H17N3OS2. The van der Waals surface area contributed by atoms with E-state index in [2.05, 4.69) is 29.5 Å². The Labute approximate surface area is 142 Å². The van der Waals surface area contributed by atoms with Crippen molar-refractivity contribution in [1.82, 2.24) is 9.88 Å². The van der Waals surface area contributed by atoms with Gasteiger partial charge in [-0.05, 0) is 24.1 Å². The number of hydrogen-bond acceptors (Lipinski definition) is 6. The molecule has 0 aromatic carbocycles. The van der Waals surface area contributed by atoms with Gasteiger partial charge in [0.2, 0.25) is 0 Å². The van der Waals surface area contributed by atoms with Crippen molar-refractivity contribution in [3.63, 3.8) is 0 Å². The molecule has 118 valence electrons. The van der Waals surface area contributed by atoms with E-state index in [1.165, 1.54) is 27.3 Å². The minimum Gasteiger partial charge on any atom is -0.397 e. The first kappa shape index (κ1) is 14.8. The van der Waals surface area contributed by atoms with Crippen molar-refractivity contribution < 1.29 is 4.79 Å². The zero-order valence-electron chi connectivity index (χ0n) is 13.0. The fourth-order valence-electron chi connectivity index (χ4n) is 3.21. The van der Waals surface area contributed by atoms with E-state index in [1.807, 2.05) is 0 Å². The molecule has 0 bridgehead atoms. The standard InChI is InChI=1S/C17H17N3OS2/c1-9(21)16-15(18)14-13(12-4-3-7-22-12)10-8-20(2)6-5-11(10)19-17(14)23-16/h3-4,7H,5-6,8,18H2,1-2H3. The zero-order chi connectivity index (χ0) is 16.1. The summed E-state index contributed by atoms with van der Waals surface area (Å²) < 4.78 is 0. The molecule has 4 nitrogen and oxygen atoms in total. The maximum absolute atomic E-state index is 11.9. The van der Waals surface area contributed by atoms with Crippen LogP contribution in [0.5, 0.6) is 0 Å². The molecule has 2 N–H and O–H groups in total. The fraction of sp³-hybridized carbons (Fsp3) is 0.294. The van der Waals surface area contributed by atoms with Gasteiger partial charge in [-0.3, -0.25) is 4.79 Å². The Bertz CT molecular complexity index is 912. The van der Waals surface area contributed by atoms with Gasteiger partial charge in [0.1, 0.15) is 4.83 Å². The van der Waals surface area contributed by atoms with Crippen LogP contribution in [0.25, 0.3) is 20.7 Å². The lowest BCUT2D eigenvalue weighted by atomic mass is 9.96. The second-order valence-electron chi connectivity index (χ2n) is 5.96. The third-order valence-electron chi connectivity index (χ3n) is 4.31. The summed E-state index contributed by atoms with van der Waals surface area (Å²) in [6, 6.07) is 4.18. The lowest BCUT2D eigenvalue weighted by molar-refractivity contribution is 0.102. The summed E-state index contributed by atoms with van der Waals surface area (Å²) in [6.45, 7) is 3.45. The van der Waals surface area contributed by atoms with Crippen LogP contribution in [0.1, 0.15) is 27.9 Å². The predicted molar refractivity (Wildman–Crippen MR) is 97.4 cm³/mol. The van der Waals surface area contributed by atoms with Crippen molar-refractivity contribution in [2.24, 2.45) is 0 Å². The minimum atomic E-state index is 0.0118. The fourth-order valence-corrected chi connectivity index (χ4v) is 5.04. The van der Waals surface area contributed by atoms with Crippen molar-refractivity contribution in [2.75, 3.05) is 19.3 Å². The number of nitrogens with two attached hydrogens (primary N) is 1. The van der Waals surface area contributed by atoms with Gasteiger partial charge in [-0.25, -0.2) is 4.98 Å². The molecule has 1 aliphatic heterocycles. The van der Waals surface area contributed by atoms with Crippen LogP contribution in [0.4, 0.5) is 5.69 Å². The smallest absolute Gasteiger partial charge is 0.171 e. The van der Waals surface area contributed by atoms with Gasteiger partial charge in [-0.1, -0.05) is 6.07 Å². The molecule has 0 fully saturated rings. The Balaban J connectivity index is 2.12. The Morgan fingerprint density at radius 2 is 2.26 bits per heavy atom. The van der Waals surface area contributed by atoms with E-state index in [9.17, 15) is 4.79 Å². The molecule has 0 spiro atoms. The summed E-state index contributed by atoms with van der Waals surface area (Å²) in [5.41, 5.74) is 10.5. The van der Waals surface area contributed by atoms with E-state index in [4.69, 9.17) is 10.7 Å². The van der Waals surface area contributed by atoms with Gasteiger partial charge in [-0.15, -0.1) is 22.7 Å². The first-order valence-electron chi connectivity index (χ1n) is 7.53. The van der Waals surface area contributed by atoms with Gasteiger partial charge in [0.15, 0.2) is 5.78 Å². The zero-order valence-corrected chi connectivity index (χ0v) is 14.7. The molecule has 3 aromatic heterocycles. The van der Waals surface area contributed by atoms with Gasteiger partial charge < -0.3 is 10.6 Å². The quantitative estimate of drug-likeness (QED) is 0.719. The molecule has 0 unspecified atom stereocenters. The number of carbonyl (C=O) groups is 1. The second-order valence-corrected chi connectivity index (χ2v) is 7.91. The number of ketones is 1. The highest BCUT2D eigenvalue weighted by Gasteiger charge is 2.26. The highest BCUT2D eigenvalue weighted by molar-refractivity contribution is 7.21. The molecule has 0 saturated carbocycles. The predicted octanol–water partition coefficient (Wildman–Crippen LogP) is 3.80. The van der Waals surface area contributed by atoms with Crippen LogP contribution in [0.2, 0.25) is 0 Å². The maximum Gasteiger partial charge on any atom is 0.171 e. The number of hydrogen-bond donors (Lipinski definition) is 1. The van der Waals surface area contributed by atoms with Crippen LogP contribution in [-0.4, -0.2) is 29.3 Å². The van der Waals surface area contributed by atoms with E-state index < -0.39 is 0 Å². The van der Waals surface area contributed by atoms with E-state index in [0.29, 0.717) is 10.6 Å². The molecule has 3 aromatic rings. The molecule has 1 aliphatic rings. The first-order chi connectivity index (χ1) is 11.1. The average Bonchev–Trinajstić information content (AvgIpc) is 3.14. The Morgan fingerprint density at radius 1 is 1.43 bits per heavy atom. The van der Waals surface area contributed by atoms with Crippen LogP contribution in [-0.2, 0) is 13.0 Å². The molecule has 4 rings (SSSR count). The molecule has 0 aliphatic carbocycles. The van der Waals surface area contributed by atoms with Crippen LogP contribution in [0.3, 0.4) is 0 Å². The number of nitrogens with zero attached hydrogens (tertiary/aromatic N) is 2. The molecule has 6 heteroatoms. The third-order valence-corrected chi connectivity index (χ3v) is 6.40. The number of pyridine rings is 1. The maximum atomic E-state index is 11.9. The molecule has 0 saturated heterocycles. The monoisotopic (exact) mass is 343 g/mol. The molecule has 0 atom stereocenters. The minimum absolute atomic E-state index is 0.0118. The molecule has 4 heterocycles. The Morgan fingerprint density at radius 3 is 2.96 bits per heavy atom. The number of fused-ring (bicyclic) bond motifs is 2. The molecule has 0 amide bonds. The highest BCUT2D eigenvalue weighted by Crippen LogP contribution is 2.44. The van der Waals surface area contributed by atoms with Crippen molar-refractivity contribution in [2.45, 2.75) is 19.9 Å². The topological polar surface area (TPSA) is 59.2 Å². The summed E-state index contributed by atoms with van der Waals surface area (Å²) in [6.07, 6.45) is 0.938. The van der Waals surface area contributed by atoms with E-state index in [1.54, 1.807) is 18.3 Å². The molecule has 0 radical (unpaired) electrons. The number of nitrogen functional groups attached to an aromatic ring is 1.